The molecule has 0 aliphatic carbocycles. The summed E-state index contributed by atoms with van der Waals surface area (Å²) in [5, 5.41) is 2.95. The van der Waals surface area contributed by atoms with Crippen LogP contribution in [0.4, 0.5) is 0 Å². The Labute approximate surface area is 111 Å². The van der Waals surface area contributed by atoms with E-state index in [-0.39, 0.29) is 5.92 Å². The van der Waals surface area contributed by atoms with Gasteiger partial charge in [-0.2, -0.15) is 0 Å². The zero-order chi connectivity index (χ0) is 13.7. The van der Waals surface area contributed by atoms with Gasteiger partial charge in [-0.25, -0.2) is 5.84 Å². The molecule has 0 saturated carbocycles. The molecular weight excluding hydrogens is 254 g/mol. The van der Waals surface area contributed by atoms with E-state index >= 15 is 0 Å². The van der Waals surface area contributed by atoms with Gasteiger partial charge in [-0.05, 0) is 18.1 Å². The number of halogens is 1. The Morgan fingerprint density at radius 3 is 2.39 bits per heavy atom. The number of nitrogens with one attached hydrogen (secondary N) is 2. The van der Waals surface area contributed by atoms with Gasteiger partial charge in [0.1, 0.15) is 6.04 Å². The molecule has 6 heteroatoms. The van der Waals surface area contributed by atoms with Gasteiger partial charge in [0.05, 0.1) is 10.6 Å². The van der Waals surface area contributed by atoms with E-state index < -0.39 is 17.9 Å². The van der Waals surface area contributed by atoms with Crippen LogP contribution < -0.4 is 16.6 Å². The molecule has 0 aliphatic rings. The molecule has 1 aromatic carbocycles. The molecule has 1 atom stereocenters. The van der Waals surface area contributed by atoms with Gasteiger partial charge in [0.15, 0.2) is 0 Å². The first kappa shape index (κ1) is 14.5. The Morgan fingerprint density at radius 1 is 1.28 bits per heavy atom. The van der Waals surface area contributed by atoms with Crippen molar-refractivity contribution in [3.63, 3.8) is 0 Å². The monoisotopic (exact) mass is 269 g/mol. The summed E-state index contributed by atoms with van der Waals surface area (Å²) >= 11 is 5.91. The van der Waals surface area contributed by atoms with Crippen molar-refractivity contribution >= 4 is 23.4 Å². The molecule has 5 nitrogen and oxygen atoms in total. The third kappa shape index (κ3) is 3.45. The molecule has 0 heterocycles. The molecule has 1 rings (SSSR count). The summed E-state index contributed by atoms with van der Waals surface area (Å²) in [6, 6.07) is 5.94. The molecule has 0 fully saturated rings. The van der Waals surface area contributed by atoms with E-state index in [0.717, 1.165) is 0 Å². The van der Waals surface area contributed by atoms with Crippen LogP contribution in [0.25, 0.3) is 0 Å². The van der Waals surface area contributed by atoms with Crippen LogP contribution in [0.5, 0.6) is 0 Å². The minimum atomic E-state index is -0.696. The molecule has 2 amide bonds. The van der Waals surface area contributed by atoms with Gasteiger partial charge in [-0.15, -0.1) is 0 Å². The zero-order valence-electron chi connectivity index (χ0n) is 10.2. The first-order chi connectivity index (χ1) is 8.47. The zero-order valence-corrected chi connectivity index (χ0v) is 11.0. The van der Waals surface area contributed by atoms with Crippen molar-refractivity contribution in [2.75, 3.05) is 0 Å². The highest BCUT2D eigenvalue weighted by Gasteiger charge is 2.24. The summed E-state index contributed by atoms with van der Waals surface area (Å²) in [6.07, 6.45) is 0. The predicted octanol–water partition coefficient (Wildman–Crippen LogP) is 1.08. The van der Waals surface area contributed by atoms with E-state index in [1.807, 2.05) is 19.3 Å². The minimum absolute atomic E-state index is 0.0833. The Balaban J connectivity index is 2.86. The van der Waals surface area contributed by atoms with E-state index in [1.165, 1.54) is 0 Å². The van der Waals surface area contributed by atoms with Crippen molar-refractivity contribution in [3.05, 3.63) is 34.9 Å². The maximum Gasteiger partial charge on any atom is 0.256 e. The van der Waals surface area contributed by atoms with Crippen molar-refractivity contribution in [2.45, 2.75) is 19.9 Å². The third-order valence-corrected chi connectivity index (χ3v) is 2.83. The molecule has 98 valence electrons. The van der Waals surface area contributed by atoms with E-state index in [1.54, 1.807) is 24.3 Å². The van der Waals surface area contributed by atoms with Crippen molar-refractivity contribution in [1.29, 1.82) is 0 Å². The molecule has 1 aromatic rings. The summed E-state index contributed by atoms with van der Waals surface area (Å²) in [5.74, 6) is 4.16. The van der Waals surface area contributed by atoms with Crippen LogP contribution >= 0.6 is 11.6 Å². The molecule has 0 spiro atoms. The smallest absolute Gasteiger partial charge is 0.256 e. The van der Waals surface area contributed by atoms with Crippen LogP contribution in [0.15, 0.2) is 24.3 Å². The molecule has 0 bridgehead atoms. The van der Waals surface area contributed by atoms with Gasteiger partial charge >= 0.3 is 0 Å². The second-order valence-electron chi connectivity index (χ2n) is 4.18. The quantitative estimate of drug-likeness (QED) is 0.434. The number of hydrazine groups is 1. The Hall–Kier alpha value is -1.59. The summed E-state index contributed by atoms with van der Waals surface area (Å²) in [7, 11) is 0. The lowest BCUT2D eigenvalue weighted by molar-refractivity contribution is -0.124. The van der Waals surface area contributed by atoms with Crippen LogP contribution in [-0.2, 0) is 4.79 Å². The number of rotatable bonds is 4. The predicted molar refractivity (Wildman–Crippen MR) is 69.9 cm³/mol. The fraction of sp³-hybridized carbons (Fsp3) is 0.333. The molecular formula is C12H16ClN3O2. The maximum atomic E-state index is 12.0. The lowest BCUT2D eigenvalue weighted by Crippen LogP contribution is -2.51. The first-order valence-corrected chi connectivity index (χ1v) is 5.91. The average molecular weight is 270 g/mol. The van der Waals surface area contributed by atoms with Crippen molar-refractivity contribution in [2.24, 2.45) is 11.8 Å². The van der Waals surface area contributed by atoms with Crippen molar-refractivity contribution in [3.8, 4) is 0 Å². The number of hydrogen-bond donors (Lipinski definition) is 3. The van der Waals surface area contributed by atoms with Gasteiger partial charge in [-0.1, -0.05) is 37.6 Å². The Morgan fingerprint density at radius 2 is 1.89 bits per heavy atom. The molecule has 0 saturated heterocycles. The van der Waals surface area contributed by atoms with Crippen LogP contribution in [0.1, 0.15) is 24.2 Å². The maximum absolute atomic E-state index is 12.0. The number of amides is 2. The lowest BCUT2D eigenvalue weighted by Gasteiger charge is -2.20. The van der Waals surface area contributed by atoms with E-state index in [9.17, 15) is 9.59 Å². The second kappa shape index (κ2) is 6.37. The highest BCUT2D eigenvalue weighted by Crippen LogP contribution is 2.15. The van der Waals surface area contributed by atoms with Crippen LogP contribution in [0, 0.1) is 5.92 Å². The Bertz CT molecular complexity index is 449. The second-order valence-corrected chi connectivity index (χ2v) is 4.59. The molecule has 1 unspecified atom stereocenters. The molecule has 0 aromatic heterocycles. The van der Waals surface area contributed by atoms with E-state index in [2.05, 4.69) is 5.32 Å². The summed E-state index contributed by atoms with van der Waals surface area (Å²) in [5.41, 5.74) is 2.36. The topological polar surface area (TPSA) is 84.2 Å². The summed E-state index contributed by atoms with van der Waals surface area (Å²) < 4.78 is 0. The number of hydrogen-bond acceptors (Lipinski definition) is 3. The molecule has 0 aliphatic heterocycles. The number of benzene rings is 1. The highest BCUT2D eigenvalue weighted by atomic mass is 35.5. The fourth-order valence-corrected chi connectivity index (χ4v) is 1.71. The third-order valence-electron chi connectivity index (χ3n) is 2.50. The number of carbonyl (C=O) groups excluding carboxylic acids is 2. The molecule has 4 N–H and O–H groups in total. The first-order valence-electron chi connectivity index (χ1n) is 5.53. The van der Waals surface area contributed by atoms with E-state index in [0.29, 0.717) is 10.6 Å². The summed E-state index contributed by atoms with van der Waals surface area (Å²) in [6.45, 7) is 3.62. The van der Waals surface area contributed by atoms with Gasteiger partial charge in [0, 0.05) is 0 Å². The SMILES string of the molecule is CC(C)C(NC(=O)c1ccccc1Cl)C(=O)NN. The number of carbonyl (C=O) groups is 2. The van der Waals surface area contributed by atoms with Gasteiger partial charge in [0.25, 0.3) is 11.8 Å². The highest BCUT2D eigenvalue weighted by molar-refractivity contribution is 6.33. The van der Waals surface area contributed by atoms with Gasteiger partial charge in [0.2, 0.25) is 0 Å². The van der Waals surface area contributed by atoms with E-state index in [4.69, 9.17) is 17.4 Å². The standard InChI is InChI=1S/C12H16ClN3O2/c1-7(2)10(12(18)16-14)15-11(17)8-5-3-4-6-9(8)13/h3-7,10H,14H2,1-2H3,(H,15,17)(H,16,18). The van der Waals surface area contributed by atoms with Crippen molar-refractivity contribution in [1.82, 2.24) is 10.7 Å². The fourth-order valence-electron chi connectivity index (χ4n) is 1.49. The largest absolute Gasteiger partial charge is 0.340 e. The van der Waals surface area contributed by atoms with Crippen LogP contribution in [0.3, 0.4) is 0 Å². The van der Waals surface area contributed by atoms with Crippen molar-refractivity contribution < 1.29 is 9.59 Å². The lowest BCUT2D eigenvalue weighted by atomic mass is 10.0. The van der Waals surface area contributed by atoms with Crippen LogP contribution in [0.2, 0.25) is 5.02 Å². The van der Waals surface area contributed by atoms with Gasteiger partial charge in [-0.3, -0.25) is 15.0 Å². The minimum Gasteiger partial charge on any atom is -0.340 e. The number of nitrogens with two attached hydrogens (primary N) is 1. The average Bonchev–Trinajstić information content (AvgIpc) is 2.35. The van der Waals surface area contributed by atoms with Crippen LogP contribution in [-0.4, -0.2) is 17.9 Å². The molecule has 18 heavy (non-hydrogen) atoms. The summed E-state index contributed by atoms with van der Waals surface area (Å²) in [4.78, 5) is 23.5. The molecule has 0 radical (unpaired) electrons. The van der Waals surface area contributed by atoms with Gasteiger partial charge < -0.3 is 5.32 Å². The Kier molecular flexibility index (Phi) is 5.12. The normalized spacial score (nSPS) is 12.1.